The first-order valence-electron chi connectivity index (χ1n) is 8.48. The number of carbonyl (C=O) groups excluding carboxylic acids is 2. The van der Waals surface area contributed by atoms with E-state index in [4.69, 9.17) is 5.73 Å². The van der Waals surface area contributed by atoms with E-state index < -0.39 is 0 Å². The maximum atomic E-state index is 12.9. The van der Waals surface area contributed by atoms with E-state index in [1.165, 1.54) is 0 Å². The Morgan fingerprint density at radius 2 is 2.12 bits per heavy atom. The summed E-state index contributed by atoms with van der Waals surface area (Å²) in [5.41, 5.74) is 6.64. The van der Waals surface area contributed by atoms with Gasteiger partial charge in [-0.05, 0) is 50.3 Å². The number of anilines is 1. The molecule has 2 N–H and O–H groups in total. The van der Waals surface area contributed by atoms with Crippen LogP contribution < -0.4 is 10.6 Å². The van der Waals surface area contributed by atoms with Crippen LogP contribution in [0.4, 0.5) is 5.69 Å². The molecule has 3 atom stereocenters. The molecule has 0 aromatic heterocycles. The summed E-state index contributed by atoms with van der Waals surface area (Å²) >= 11 is 1.65. The number of nitrogens with two attached hydrogens (primary N) is 1. The monoisotopic (exact) mass is 383 g/mol. The fourth-order valence-corrected chi connectivity index (χ4v) is 4.21. The normalized spacial score (nSPS) is 26.0. The van der Waals surface area contributed by atoms with Gasteiger partial charge in [0.15, 0.2) is 0 Å². The molecule has 7 heteroatoms. The van der Waals surface area contributed by atoms with Crippen LogP contribution in [-0.2, 0) is 9.59 Å². The molecule has 2 saturated heterocycles. The molecule has 2 fully saturated rings. The quantitative estimate of drug-likeness (QED) is 0.810. The van der Waals surface area contributed by atoms with Gasteiger partial charge >= 0.3 is 0 Å². The number of benzene rings is 1. The van der Waals surface area contributed by atoms with E-state index in [9.17, 15) is 9.59 Å². The van der Waals surface area contributed by atoms with Crippen molar-refractivity contribution in [3.63, 3.8) is 0 Å². The highest BCUT2D eigenvalue weighted by Gasteiger charge is 2.41. The van der Waals surface area contributed by atoms with Gasteiger partial charge in [0.05, 0.1) is 5.92 Å². The summed E-state index contributed by atoms with van der Waals surface area (Å²) in [7, 11) is 0. The fraction of sp³-hybridized carbons (Fsp3) is 0.556. The van der Waals surface area contributed by atoms with Crippen molar-refractivity contribution in [2.24, 2.45) is 17.6 Å². The number of hydrogen-bond acceptors (Lipinski definition) is 4. The summed E-state index contributed by atoms with van der Waals surface area (Å²) in [6.07, 6.45) is 3.28. The zero-order chi connectivity index (χ0) is 17.3. The molecule has 25 heavy (non-hydrogen) atoms. The molecular weight excluding hydrogens is 358 g/mol. The van der Waals surface area contributed by atoms with Gasteiger partial charge in [-0.3, -0.25) is 9.59 Å². The Kier molecular flexibility index (Phi) is 6.77. The summed E-state index contributed by atoms with van der Waals surface area (Å²) in [6.45, 7) is 3.89. The van der Waals surface area contributed by atoms with Gasteiger partial charge in [-0.25, -0.2) is 0 Å². The van der Waals surface area contributed by atoms with E-state index in [0.717, 1.165) is 23.5 Å². The Labute approximate surface area is 159 Å². The molecule has 1 aromatic rings. The first-order chi connectivity index (χ1) is 11.5. The first kappa shape index (κ1) is 20.1. The second-order valence-corrected chi connectivity index (χ2v) is 7.66. The van der Waals surface area contributed by atoms with Crippen LogP contribution in [-0.4, -0.2) is 48.6 Å². The lowest BCUT2D eigenvalue weighted by molar-refractivity contribution is -0.136. The van der Waals surface area contributed by atoms with Crippen LogP contribution in [0.25, 0.3) is 0 Å². The summed E-state index contributed by atoms with van der Waals surface area (Å²) in [6, 6.07) is 8.15. The first-order valence-corrected chi connectivity index (χ1v) is 9.71. The van der Waals surface area contributed by atoms with E-state index in [-0.39, 0.29) is 36.2 Å². The van der Waals surface area contributed by atoms with Crippen molar-refractivity contribution in [2.75, 3.05) is 30.8 Å². The van der Waals surface area contributed by atoms with Crippen molar-refractivity contribution < 1.29 is 9.59 Å². The molecule has 0 saturated carbocycles. The van der Waals surface area contributed by atoms with E-state index >= 15 is 0 Å². The standard InChI is InChI=1S/C18H25N3O2S.ClH/c1-12-6-13(9-19)10-20(12)18(23)14-7-17(22)21(11-14)15-4-3-5-16(8-15)24-2;/h3-5,8,12-14H,6-7,9-11,19H2,1-2H3;1H. The highest BCUT2D eigenvalue weighted by Crippen LogP contribution is 2.31. The van der Waals surface area contributed by atoms with Crippen LogP contribution in [0.15, 0.2) is 29.2 Å². The molecule has 2 heterocycles. The number of rotatable bonds is 4. The highest BCUT2D eigenvalue weighted by molar-refractivity contribution is 7.98. The van der Waals surface area contributed by atoms with Gasteiger partial charge in [-0.1, -0.05) is 6.07 Å². The zero-order valence-electron chi connectivity index (χ0n) is 14.7. The molecule has 3 unspecified atom stereocenters. The number of hydrogen-bond donors (Lipinski definition) is 1. The molecule has 0 spiro atoms. The summed E-state index contributed by atoms with van der Waals surface area (Å²) in [5.74, 6) is 0.286. The third-order valence-electron chi connectivity index (χ3n) is 5.12. The lowest BCUT2D eigenvalue weighted by Gasteiger charge is -2.25. The molecule has 0 aliphatic carbocycles. The van der Waals surface area contributed by atoms with E-state index in [0.29, 0.717) is 25.4 Å². The molecule has 0 radical (unpaired) electrons. The van der Waals surface area contributed by atoms with Crippen molar-refractivity contribution in [1.82, 2.24) is 4.90 Å². The van der Waals surface area contributed by atoms with E-state index in [1.807, 2.05) is 35.4 Å². The van der Waals surface area contributed by atoms with Crippen LogP contribution >= 0.6 is 24.2 Å². The Balaban J connectivity index is 0.00000225. The van der Waals surface area contributed by atoms with Gasteiger partial charge < -0.3 is 15.5 Å². The molecule has 2 amide bonds. The molecular formula is C18H26ClN3O2S. The van der Waals surface area contributed by atoms with Crippen LogP contribution in [0.5, 0.6) is 0 Å². The van der Waals surface area contributed by atoms with Crippen LogP contribution in [0.1, 0.15) is 19.8 Å². The predicted octanol–water partition coefficient (Wildman–Crippen LogP) is 2.38. The average Bonchev–Trinajstić information content (AvgIpc) is 3.17. The zero-order valence-corrected chi connectivity index (χ0v) is 16.3. The molecule has 3 rings (SSSR count). The maximum Gasteiger partial charge on any atom is 0.228 e. The number of thioether (sulfide) groups is 1. The van der Waals surface area contributed by atoms with Crippen molar-refractivity contribution in [3.05, 3.63) is 24.3 Å². The fourth-order valence-electron chi connectivity index (χ4n) is 3.76. The van der Waals surface area contributed by atoms with Crippen molar-refractivity contribution >= 4 is 41.7 Å². The van der Waals surface area contributed by atoms with Gasteiger partial charge in [-0.2, -0.15) is 0 Å². The Morgan fingerprint density at radius 1 is 1.36 bits per heavy atom. The maximum absolute atomic E-state index is 12.9. The van der Waals surface area contributed by atoms with Gasteiger partial charge in [0, 0.05) is 36.1 Å². The molecule has 5 nitrogen and oxygen atoms in total. The van der Waals surface area contributed by atoms with Crippen molar-refractivity contribution in [3.8, 4) is 0 Å². The largest absolute Gasteiger partial charge is 0.339 e. The predicted molar refractivity (Wildman–Crippen MR) is 104 cm³/mol. The van der Waals surface area contributed by atoms with Gasteiger partial charge in [0.1, 0.15) is 0 Å². The summed E-state index contributed by atoms with van der Waals surface area (Å²) in [4.78, 5) is 30.1. The minimum Gasteiger partial charge on any atom is -0.339 e. The van der Waals surface area contributed by atoms with Crippen LogP contribution in [0.2, 0.25) is 0 Å². The number of nitrogens with zero attached hydrogens (tertiary/aromatic N) is 2. The molecule has 0 bridgehead atoms. The third-order valence-corrected chi connectivity index (χ3v) is 5.84. The lowest BCUT2D eigenvalue weighted by atomic mass is 10.1. The summed E-state index contributed by atoms with van der Waals surface area (Å²) < 4.78 is 0. The Morgan fingerprint density at radius 3 is 2.76 bits per heavy atom. The summed E-state index contributed by atoms with van der Waals surface area (Å²) in [5, 5.41) is 0. The van der Waals surface area contributed by atoms with Crippen molar-refractivity contribution in [1.29, 1.82) is 0 Å². The van der Waals surface area contributed by atoms with Gasteiger partial charge in [-0.15, -0.1) is 24.2 Å². The molecule has 2 aliphatic rings. The van der Waals surface area contributed by atoms with Crippen molar-refractivity contribution in [2.45, 2.75) is 30.7 Å². The number of halogens is 1. The average molecular weight is 384 g/mol. The second kappa shape index (κ2) is 8.43. The van der Waals surface area contributed by atoms with Crippen LogP contribution in [0, 0.1) is 11.8 Å². The van der Waals surface area contributed by atoms with Crippen LogP contribution in [0.3, 0.4) is 0 Å². The Hall–Kier alpha value is -1.24. The topological polar surface area (TPSA) is 66.6 Å². The van der Waals surface area contributed by atoms with E-state index in [2.05, 4.69) is 6.92 Å². The Bertz CT molecular complexity index is 643. The molecule has 1 aromatic carbocycles. The smallest absolute Gasteiger partial charge is 0.228 e. The number of amides is 2. The van der Waals surface area contributed by atoms with Gasteiger partial charge in [0.25, 0.3) is 0 Å². The lowest BCUT2D eigenvalue weighted by Crippen LogP contribution is -2.39. The molecule has 2 aliphatic heterocycles. The van der Waals surface area contributed by atoms with E-state index in [1.54, 1.807) is 16.7 Å². The number of carbonyl (C=O) groups is 2. The second-order valence-electron chi connectivity index (χ2n) is 6.78. The number of likely N-dealkylation sites (tertiary alicyclic amines) is 1. The SMILES string of the molecule is CSc1cccc(N2CC(C(=O)N3CC(CN)CC3C)CC2=O)c1.Cl. The molecule has 138 valence electrons. The third kappa shape index (κ3) is 4.13. The minimum atomic E-state index is -0.241. The van der Waals surface area contributed by atoms with Gasteiger partial charge in [0.2, 0.25) is 11.8 Å². The minimum absolute atomic E-state index is 0. The highest BCUT2D eigenvalue weighted by atomic mass is 35.5.